The zero-order chi connectivity index (χ0) is 20.3. The summed E-state index contributed by atoms with van der Waals surface area (Å²) in [4.78, 5) is 0.231. The molecule has 1 N–H and O–H groups in total. The van der Waals surface area contributed by atoms with Crippen molar-refractivity contribution in [3.8, 4) is 17.3 Å². The quantitative estimate of drug-likeness (QED) is 0.471. The van der Waals surface area contributed by atoms with Crippen LogP contribution in [0.25, 0.3) is 17.0 Å². The van der Waals surface area contributed by atoms with E-state index in [1.165, 1.54) is 0 Å². The molecule has 9 heteroatoms. The molecule has 0 atom stereocenters. The van der Waals surface area contributed by atoms with E-state index in [1.807, 2.05) is 43.3 Å². The van der Waals surface area contributed by atoms with E-state index in [1.54, 1.807) is 34.8 Å². The monoisotopic (exact) mass is 409 g/mol. The third-order valence-corrected chi connectivity index (χ3v) is 5.67. The fourth-order valence-corrected chi connectivity index (χ4v) is 3.93. The number of fused-ring (bicyclic) bond motifs is 1. The Bertz CT molecular complexity index is 1240. The van der Waals surface area contributed by atoms with E-state index in [4.69, 9.17) is 4.74 Å². The molecule has 4 rings (SSSR count). The minimum absolute atomic E-state index is 0.115. The van der Waals surface area contributed by atoms with Crippen LogP contribution in [0.15, 0.2) is 71.6 Å². The van der Waals surface area contributed by atoms with Crippen molar-refractivity contribution >= 4 is 15.7 Å². The molecule has 0 unspecified atom stereocenters. The number of hydrogen-bond donors (Lipinski definition) is 1. The number of hydrogen-bond acceptors (Lipinski definition) is 6. The predicted molar refractivity (Wildman–Crippen MR) is 108 cm³/mol. The highest BCUT2D eigenvalue weighted by molar-refractivity contribution is 7.89. The van der Waals surface area contributed by atoms with Crippen molar-refractivity contribution in [2.24, 2.45) is 0 Å². The first-order valence-corrected chi connectivity index (χ1v) is 10.5. The van der Waals surface area contributed by atoms with E-state index in [-0.39, 0.29) is 18.0 Å². The molecule has 0 aliphatic heterocycles. The molecule has 0 bridgehead atoms. The Morgan fingerprint density at radius 1 is 1.00 bits per heavy atom. The molecule has 0 fully saturated rings. The van der Waals surface area contributed by atoms with Gasteiger partial charge in [-0.05, 0) is 30.7 Å². The summed E-state index contributed by atoms with van der Waals surface area (Å²) in [5, 5.41) is 12.7. The van der Waals surface area contributed by atoms with Crippen molar-refractivity contribution in [2.75, 3.05) is 13.2 Å². The Kier molecular flexibility index (Phi) is 5.24. The summed E-state index contributed by atoms with van der Waals surface area (Å²) in [6.45, 7) is 2.09. The van der Waals surface area contributed by atoms with Gasteiger partial charge in [-0.2, -0.15) is 4.52 Å². The van der Waals surface area contributed by atoms with Gasteiger partial charge in [-0.25, -0.2) is 13.1 Å². The summed E-state index contributed by atoms with van der Waals surface area (Å²) in [5.74, 6) is 0.954. The van der Waals surface area contributed by atoms with E-state index in [0.717, 1.165) is 11.1 Å². The standard InChI is InChI=1S/C20H19N5O3S/c1-15-6-5-9-17(14-15)29(26,27)21-12-13-28-19-11-10-18-22-23-20(25(18)24-19)16-7-3-2-4-8-16/h2-11,14,21H,12-13H2,1H3. The van der Waals surface area contributed by atoms with Crippen LogP contribution in [-0.2, 0) is 10.0 Å². The van der Waals surface area contributed by atoms with Gasteiger partial charge in [0.1, 0.15) is 6.61 Å². The summed E-state index contributed by atoms with van der Waals surface area (Å²) in [6.07, 6.45) is 0. The van der Waals surface area contributed by atoms with Crippen molar-refractivity contribution in [3.05, 3.63) is 72.3 Å². The maximum atomic E-state index is 12.3. The fourth-order valence-electron chi connectivity index (χ4n) is 2.81. The highest BCUT2D eigenvalue weighted by Gasteiger charge is 2.14. The number of benzene rings is 2. The number of rotatable bonds is 7. The van der Waals surface area contributed by atoms with Crippen LogP contribution in [0.5, 0.6) is 5.88 Å². The van der Waals surface area contributed by atoms with Gasteiger partial charge in [0.15, 0.2) is 11.5 Å². The van der Waals surface area contributed by atoms with Crippen molar-refractivity contribution in [1.29, 1.82) is 0 Å². The van der Waals surface area contributed by atoms with Crippen molar-refractivity contribution < 1.29 is 13.2 Å². The zero-order valence-electron chi connectivity index (χ0n) is 15.7. The first kappa shape index (κ1) is 19.0. The van der Waals surface area contributed by atoms with Gasteiger partial charge < -0.3 is 4.74 Å². The Morgan fingerprint density at radius 2 is 1.83 bits per heavy atom. The van der Waals surface area contributed by atoms with Crippen LogP contribution in [-0.4, -0.2) is 41.4 Å². The smallest absolute Gasteiger partial charge is 0.240 e. The van der Waals surface area contributed by atoms with Crippen LogP contribution in [0, 0.1) is 6.92 Å². The molecule has 0 radical (unpaired) electrons. The molecule has 2 aromatic carbocycles. The number of nitrogens with zero attached hydrogens (tertiary/aromatic N) is 4. The Balaban J connectivity index is 1.42. The number of aromatic nitrogens is 4. The molecule has 148 valence electrons. The lowest BCUT2D eigenvalue weighted by Gasteiger charge is -2.09. The molecule has 0 aliphatic carbocycles. The molecule has 4 aromatic rings. The van der Waals surface area contributed by atoms with Crippen LogP contribution < -0.4 is 9.46 Å². The first-order valence-electron chi connectivity index (χ1n) is 9.00. The lowest BCUT2D eigenvalue weighted by Crippen LogP contribution is -2.28. The molecule has 0 aliphatic rings. The zero-order valence-corrected chi connectivity index (χ0v) is 16.5. The van der Waals surface area contributed by atoms with Crippen molar-refractivity contribution in [1.82, 2.24) is 24.5 Å². The highest BCUT2D eigenvalue weighted by atomic mass is 32.2. The van der Waals surface area contributed by atoms with Crippen LogP contribution in [0.1, 0.15) is 5.56 Å². The van der Waals surface area contributed by atoms with Crippen LogP contribution in [0.3, 0.4) is 0 Å². The van der Waals surface area contributed by atoms with Crippen LogP contribution in [0.4, 0.5) is 0 Å². The molecular formula is C20H19N5O3S. The molecule has 2 heterocycles. The molecule has 0 amide bonds. The van der Waals surface area contributed by atoms with Gasteiger partial charge in [0, 0.05) is 18.2 Å². The topological polar surface area (TPSA) is 98.5 Å². The lowest BCUT2D eigenvalue weighted by atomic mass is 10.2. The Morgan fingerprint density at radius 3 is 2.62 bits per heavy atom. The average molecular weight is 409 g/mol. The van der Waals surface area contributed by atoms with Crippen molar-refractivity contribution in [3.63, 3.8) is 0 Å². The largest absolute Gasteiger partial charge is 0.475 e. The summed E-state index contributed by atoms with van der Waals surface area (Å²) >= 11 is 0. The molecule has 8 nitrogen and oxygen atoms in total. The normalized spacial score (nSPS) is 11.6. The van der Waals surface area contributed by atoms with Gasteiger partial charge in [0.2, 0.25) is 15.9 Å². The number of nitrogens with one attached hydrogen (secondary N) is 1. The fraction of sp³-hybridized carbons (Fsp3) is 0.150. The second-order valence-corrected chi connectivity index (χ2v) is 8.16. The summed E-state index contributed by atoms with van der Waals surface area (Å²) in [6, 6.07) is 19.8. The number of ether oxygens (including phenoxy) is 1. The van der Waals surface area contributed by atoms with Gasteiger partial charge in [-0.15, -0.1) is 15.3 Å². The summed E-state index contributed by atoms with van der Waals surface area (Å²) in [5.41, 5.74) is 2.36. The molecule has 0 spiro atoms. The third kappa shape index (κ3) is 4.25. The highest BCUT2D eigenvalue weighted by Crippen LogP contribution is 2.18. The molecule has 0 saturated heterocycles. The Labute approximate surface area is 168 Å². The van der Waals surface area contributed by atoms with E-state index < -0.39 is 10.0 Å². The van der Waals surface area contributed by atoms with Crippen molar-refractivity contribution in [2.45, 2.75) is 11.8 Å². The number of aryl methyl sites for hydroxylation is 1. The maximum absolute atomic E-state index is 12.3. The molecule has 2 aromatic heterocycles. The van der Waals surface area contributed by atoms with Gasteiger partial charge in [0.25, 0.3) is 0 Å². The third-order valence-electron chi connectivity index (χ3n) is 4.21. The van der Waals surface area contributed by atoms with E-state index >= 15 is 0 Å². The molecular weight excluding hydrogens is 390 g/mol. The summed E-state index contributed by atoms with van der Waals surface area (Å²) in [7, 11) is -3.58. The van der Waals surface area contributed by atoms with Gasteiger partial charge in [0.05, 0.1) is 4.90 Å². The predicted octanol–water partition coefficient (Wildman–Crippen LogP) is 2.46. The second kappa shape index (κ2) is 7.98. The van der Waals surface area contributed by atoms with Crippen LogP contribution >= 0.6 is 0 Å². The molecule has 0 saturated carbocycles. The second-order valence-electron chi connectivity index (χ2n) is 6.39. The average Bonchev–Trinajstić information content (AvgIpc) is 3.15. The minimum Gasteiger partial charge on any atom is -0.475 e. The van der Waals surface area contributed by atoms with Crippen LogP contribution in [0.2, 0.25) is 0 Å². The van der Waals surface area contributed by atoms with Gasteiger partial charge in [-0.1, -0.05) is 42.5 Å². The SMILES string of the molecule is Cc1cccc(S(=O)(=O)NCCOc2ccc3nnc(-c4ccccc4)n3n2)c1. The van der Waals surface area contributed by atoms with Gasteiger partial charge in [-0.3, -0.25) is 0 Å². The van der Waals surface area contributed by atoms with E-state index in [9.17, 15) is 8.42 Å². The maximum Gasteiger partial charge on any atom is 0.240 e. The Hall–Kier alpha value is -3.30. The van der Waals surface area contributed by atoms with Gasteiger partial charge >= 0.3 is 0 Å². The molecule has 29 heavy (non-hydrogen) atoms. The summed E-state index contributed by atoms with van der Waals surface area (Å²) < 4.78 is 34.4. The minimum atomic E-state index is -3.58. The van der Waals surface area contributed by atoms with E-state index in [2.05, 4.69) is 20.0 Å². The first-order chi connectivity index (χ1) is 14.0. The number of sulfonamides is 1. The van der Waals surface area contributed by atoms with E-state index in [0.29, 0.717) is 17.4 Å². The lowest BCUT2D eigenvalue weighted by molar-refractivity contribution is 0.306.